The average molecular weight is 640 g/mol. The number of nitrogens with two attached hydrogens (primary N) is 1. The van der Waals surface area contributed by atoms with Gasteiger partial charge in [0, 0.05) is 5.41 Å². The molecular formula is C49H37N. The quantitative estimate of drug-likeness (QED) is 0.186. The van der Waals surface area contributed by atoms with Crippen LogP contribution in [0.3, 0.4) is 0 Å². The van der Waals surface area contributed by atoms with Gasteiger partial charge < -0.3 is 5.73 Å². The zero-order chi connectivity index (χ0) is 34.0. The summed E-state index contributed by atoms with van der Waals surface area (Å²) in [4.78, 5) is 0. The predicted molar refractivity (Wildman–Crippen MR) is 215 cm³/mol. The van der Waals surface area contributed by atoms with E-state index in [2.05, 4.69) is 166 Å². The summed E-state index contributed by atoms with van der Waals surface area (Å²) in [6, 6.07) is 55.5. The molecule has 1 heteroatoms. The van der Waals surface area contributed by atoms with E-state index in [0.29, 0.717) is 0 Å². The first-order chi connectivity index (χ1) is 24.5. The third-order valence-electron chi connectivity index (χ3n) is 10.9. The second-order valence-corrected chi connectivity index (χ2v) is 13.9. The lowest BCUT2D eigenvalue weighted by Crippen LogP contribution is -2.14. The fourth-order valence-corrected chi connectivity index (χ4v) is 8.49. The van der Waals surface area contributed by atoms with E-state index in [1.165, 1.54) is 76.8 Å². The Hall–Kier alpha value is -6.18. The van der Waals surface area contributed by atoms with E-state index in [-0.39, 0.29) is 5.41 Å². The molecule has 0 bridgehead atoms. The minimum absolute atomic E-state index is 0.0525. The first-order valence-corrected chi connectivity index (χ1v) is 17.3. The summed E-state index contributed by atoms with van der Waals surface area (Å²) >= 11 is 0. The van der Waals surface area contributed by atoms with E-state index in [4.69, 9.17) is 12.3 Å². The molecule has 0 amide bonds. The molecule has 1 aliphatic carbocycles. The van der Waals surface area contributed by atoms with Crippen LogP contribution in [-0.2, 0) is 5.41 Å². The molecular weight excluding hydrogens is 603 g/mol. The summed E-state index contributed by atoms with van der Waals surface area (Å²) in [5.74, 6) is 0. The third kappa shape index (κ3) is 4.47. The van der Waals surface area contributed by atoms with E-state index in [1.807, 2.05) is 6.08 Å². The van der Waals surface area contributed by atoms with Crippen molar-refractivity contribution in [3.05, 3.63) is 192 Å². The summed E-state index contributed by atoms with van der Waals surface area (Å²) in [6.45, 7) is 9.46. The molecule has 0 spiro atoms. The van der Waals surface area contributed by atoms with E-state index in [1.54, 1.807) is 6.20 Å². The van der Waals surface area contributed by atoms with Gasteiger partial charge in [0.2, 0.25) is 0 Å². The van der Waals surface area contributed by atoms with Crippen LogP contribution in [0, 0.1) is 0 Å². The highest BCUT2D eigenvalue weighted by Gasteiger charge is 2.35. The van der Waals surface area contributed by atoms with E-state index in [9.17, 15) is 0 Å². The summed E-state index contributed by atoms with van der Waals surface area (Å²) in [6.07, 6.45) is 3.57. The van der Waals surface area contributed by atoms with Gasteiger partial charge in [0.15, 0.2) is 0 Å². The summed E-state index contributed by atoms with van der Waals surface area (Å²) < 4.78 is 0. The predicted octanol–water partition coefficient (Wildman–Crippen LogP) is 12.8. The third-order valence-corrected chi connectivity index (χ3v) is 10.9. The standard InChI is InChI=1S/C49H37N/c1-31(36-16-6-4-14-33(36)27-28-50)47-40-19-8-9-20-41(40)48(35-24-26-46-43(30-35)39-18-10-11-22-45(39)49(46,2)3)44-29-34(23-25-42(44)47)38-21-12-15-32-13-5-7-17-37(32)38/h4-30H,1,50H2,2-3H3/b28-27-. The van der Waals surface area contributed by atoms with Gasteiger partial charge in [-0.25, -0.2) is 0 Å². The van der Waals surface area contributed by atoms with Gasteiger partial charge in [-0.05, 0) is 123 Å². The monoisotopic (exact) mass is 639 g/mol. The Morgan fingerprint density at radius 2 is 1.18 bits per heavy atom. The van der Waals surface area contributed by atoms with Crippen LogP contribution in [0.5, 0.6) is 0 Å². The number of hydrogen-bond acceptors (Lipinski definition) is 1. The number of fused-ring (bicyclic) bond motifs is 6. The molecule has 9 rings (SSSR count). The van der Waals surface area contributed by atoms with E-state index in [0.717, 1.165) is 22.3 Å². The SMILES string of the molecule is C=C(c1ccccc1/C=C\N)c1c2ccccc2c(-c2ccc3c(c2)-c2ccccc2C3(C)C)c2cc(-c3cccc4ccccc34)ccc12. The topological polar surface area (TPSA) is 26.0 Å². The molecule has 238 valence electrons. The molecule has 0 aromatic heterocycles. The number of hydrogen-bond donors (Lipinski definition) is 1. The van der Waals surface area contributed by atoms with Crippen LogP contribution in [0.4, 0.5) is 0 Å². The molecule has 8 aromatic carbocycles. The summed E-state index contributed by atoms with van der Waals surface area (Å²) in [5, 5.41) is 7.28. The normalized spacial score (nSPS) is 13.2. The minimum atomic E-state index is -0.0525. The van der Waals surface area contributed by atoms with Crippen molar-refractivity contribution < 1.29 is 0 Å². The Labute approximate surface area is 293 Å². The molecule has 1 nitrogen and oxygen atoms in total. The maximum absolute atomic E-state index is 5.92. The lowest BCUT2D eigenvalue weighted by atomic mass is 9.80. The molecule has 8 aromatic rings. The van der Waals surface area contributed by atoms with Crippen LogP contribution in [0.15, 0.2) is 164 Å². The van der Waals surface area contributed by atoms with Crippen molar-refractivity contribution in [3.63, 3.8) is 0 Å². The van der Waals surface area contributed by atoms with Gasteiger partial charge in [-0.15, -0.1) is 0 Å². The maximum atomic E-state index is 5.92. The Bertz CT molecular complexity index is 2700. The molecule has 0 radical (unpaired) electrons. The minimum Gasteiger partial charge on any atom is -0.405 e. The Balaban J connectivity index is 1.39. The lowest BCUT2D eigenvalue weighted by molar-refractivity contribution is 0.660. The fourth-order valence-electron chi connectivity index (χ4n) is 8.49. The summed E-state index contributed by atoms with van der Waals surface area (Å²) in [5.41, 5.74) is 20.4. The van der Waals surface area contributed by atoms with Crippen LogP contribution < -0.4 is 5.73 Å². The molecule has 0 fully saturated rings. The van der Waals surface area contributed by atoms with Gasteiger partial charge >= 0.3 is 0 Å². The molecule has 0 unspecified atom stereocenters. The van der Waals surface area contributed by atoms with Crippen LogP contribution in [0.25, 0.3) is 77.3 Å². The molecule has 1 aliphatic rings. The van der Waals surface area contributed by atoms with Gasteiger partial charge in [0.05, 0.1) is 0 Å². The Morgan fingerprint density at radius 3 is 2.04 bits per heavy atom. The molecule has 2 N–H and O–H groups in total. The van der Waals surface area contributed by atoms with Crippen molar-refractivity contribution in [1.82, 2.24) is 0 Å². The Kier molecular flexibility index (Phi) is 6.86. The van der Waals surface area contributed by atoms with Crippen molar-refractivity contribution in [1.29, 1.82) is 0 Å². The first kappa shape index (κ1) is 29.9. The van der Waals surface area contributed by atoms with E-state index >= 15 is 0 Å². The van der Waals surface area contributed by atoms with Crippen molar-refractivity contribution in [3.8, 4) is 33.4 Å². The number of rotatable bonds is 5. The van der Waals surface area contributed by atoms with Gasteiger partial charge in [-0.1, -0.05) is 160 Å². The molecule has 0 atom stereocenters. The zero-order valence-electron chi connectivity index (χ0n) is 28.4. The van der Waals surface area contributed by atoms with Gasteiger partial charge in [0.25, 0.3) is 0 Å². The zero-order valence-corrected chi connectivity index (χ0v) is 28.4. The molecule has 0 aliphatic heterocycles. The van der Waals surface area contributed by atoms with Gasteiger partial charge in [-0.3, -0.25) is 0 Å². The molecule has 0 saturated carbocycles. The lowest BCUT2D eigenvalue weighted by Gasteiger charge is -2.23. The van der Waals surface area contributed by atoms with Crippen molar-refractivity contribution in [2.45, 2.75) is 19.3 Å². The molecule has 50 heavy (non-hydrogen) atoms. The smallest absolute Gasteiger partial charge is 0.0158 e. The molecule has 0 saturated heterocycles. The average Bonchev–Trinajstić information content (AvgIpc) is 3.39. The summed E-state index contributed by atoms with van der Waals surface area (Å²) in [7, 11) is 0. The second kappa shape index (κ2) is 11.5. The van der Waals surface area contributed by atoms with Crippen LogP contribution >= 0.6 is 0 Å². The highest BCUT2D eigenvalue weighted by Crippen LogP contribution is 2.51. The van der Waals surface area contributed by atoms with Crippen molar-refractivity contribution in [2.75, 3.05) is 0 Å². The fraction of sp³-hybridized carbons (Fsp3) is 0.0612. The van der Waals surface area contributed by atoms with Gasteiger partial charge in [-0.2, -0.15) is 0 Å². The van der Waals surface area contributed by atoms with Crippen LogP contribution in [0.2, 0.25) is 0 Å². The Morgan fingerprint density at radius 1 is 0.540 bits per heavy atom. The second-order valence-electron chi connectivity index (χ2n) is 13.9. The highest BCUT2D eigenvalue weighted by atomic mass is 14.5. The maximum Gasteiger partial charge on any atom is 0.0158 e. The van der Waals surface area contributed by atoms with E-state index < -0.39 is 0 Å². The molecule has 0 heterocycles. The first-order valence-electron chi connectivity index (χ1n) is 17.3. The van der Waals surface area contributed by atoms with Crippen molar-refractivity contribution >= 4 is 44.0 Å². The van der Waals surface area contributed by atoms with Crippen LogP contribution in [0.1, 0.15) is 41.7 Å². The van der Waals surface area contributed by atoms with Crippen LogP contribution in [-0.4, -0.2) is 0 Å². The van der Waals surface area contributed by atoms with Crippen molar-refractivity contribution in [2.24, 2.45) is 5.73 Å². The van der Waals surface area contributed by atoms with Gasteiger partial charge in [0.1, 0.15) is 0 Å². The largest absolute Gasteiger partial charge is 0.405 e. The highest BCUT2D eigenvalue weighted by molar-refractivity contribution is 6.21. The number of benzene rings is 8.